The van der Waals surface area contributed by atoms with Gasteiger partial charge in [-0.05, 0) is 36.4 Å². The fourth-order valence-corrected chi connectivity index (χ4v) is 2.98. The Kier molecular flexibility index (Phi) is 3.15. The molecular weight excluding hydrogens is 276 g/mol. The van der Waals surface area contributed by atoms with Gasteiger partial charge in [0.05, 0.1) is 16.8 Å². The molecule has 0 amide bonds. The van der Waals surface area contributed by atoms with Crippen molar-refractivity contribution >= 4 is 21.8 Å². The van der Waals surface area contributed by atoms with Crippen LogP contribution in [0.1, 0.15) is 5.56 Å². The highest BCUT2D eigenvalue weighted by atomic mass is 32.2. The summed E-state index contributed by atoms with van der Waals surface area (Å²) >= 11 is 0. The zero-order chi connectivity index (χ0) is 14.0. The van der Waals surface area contributed by atoms with E-state index in [0.29, 0.717) is 18.0 Å². The van der Waals surface area contributed by atoms with Crippen LogP contribution in [0.15, 0.2) is 53.7 Å². The maximum atomic E-state index is 12.3. The number of nitrogens with zero attached hydrogens (tertiary/aromatic N) is 1. The first kappa shape index (κ1) is 12.7. The summed E-state index contributed by atoms with van der Waals surface area (Å²) in [6.45, 7) is 0.507. The number of fused-ring (bicyclic) bond motifs is 1. The van der Waals surface area contributed by atoms with Gasteiger partial charge in [-0.15, -0.1) is 0 Å². The molecule has 1 N–H and O–H groups in total. The average molecular weight is 288 g/mol. The van der Waals surface area contributed by atoms with E-state index in [1.165, 1.54) is 12.3 Å². The molecule has 1 aliphatic heterocycles. The van der Waals surface area contributed by atoms with Crippen LogP contribution in [0.4, 0.5) is 5.69 Å². The van der Waals surface area contributed by atoms with Crippen molar-refractivity contribution in [3.05, 3.63) is 54.4 Å². The van der Waals surface area contributed by atoms with Crippen molar-refractivity contribution in [1.82, 2.24) is 4.98 Å². The van der Waals surface area contributed by atoms with Gasteiger partial charge in [0.15, 0.2) is 0 Å². The zero-order valence-electron chi connectivity index (χ0n) is 10.5. The third-order valence-electron chi connectivity index (χ3n) is 2.84. The molecule has 0 atom stereocenters. The predicted octanol–water partition coefficient (Wildman–Crippen LogP) is 2.29. The third-order valence-corrected chi connectivity index (χ3v) is 4.22. The lowest BCUT2D eigenvalue weighted by molar-refractivity contribution is 0.358. The van der Waals surface area contributed by atoms with Gasteiger partial charge in [-0.25, -0.2) is 8.42 Å². The number of anilines is 1. The molecule has 2 heterocycles. The summed E-state index contributed by atoms with van der Waals surface area (Å²) in [6.07, 6.45) is 6.73. The van der Waals surface area contributed by atoms with Crippen molar-refractivity contribution in [2.24, 2.45) is 0 Å². The van der Waals surface area contributed by atoms with Gasteiger partial charge < -0.3 is 4.74 Å². The molecule has 1 aliphatic rings. The van der Waals surface area contributed by atoms with Crippen LogP contribution in [-0.4, -0.2) is 20.0 Å². The maximum absolute atomic E-state index is 12.3. The van der Waals surface area contributed by atoms with E-state index in [1.807, 2.05) is 12.2 Å². The molecule has 0 radical (unpaired) electrons. The SMILES string of the molecule is O=S(=O)(Nc1cccnc1)c1ccc2c(c1)C=CCO2. The van der Waals surface area contributed by atoms with E-state index in [1.54, 1.807) is 30.5 Å². The van der Waals surface area contributed by atoms with Crippen molar-refractivity contribution in [1.29, 1.82) is 0 Å². The molecule has 0 unspecified atom stereocenters. The van der Waals surface area contributed by atoms with E-state index in [0.717, 1.165) is 5.56 Å². The molecule has 3 rings (SSSR count). The number of aromatic nitrogens is 1. The molecule has 5 nitrogen and oxygen atoms in total. The summed E-state index contributed by atoms with van der Waals surface area (Å²) in [5, 5.41) is 0. The number of ether oxygens (including phenoxy) is 1. The molecule has 0 saturated carbocycles. The number of sulfonamides is 1. The molecule has 1 aromatic carbocycles. The minimum absolute atomic E-state index is 0.190. The van der Waals surface area contributed by atoms with E-state index in [4.69, 9.17) is 4.74 Å². The Hall–Kier alpha value is -2.34. The first-order valence-corrected chi connectivity index (χ1v) is 7.50. The van der Waals surface area contributed by atoms with E-state index in [2.05, 4.69) is 9.71 Å². The van der Waals surface area contributed by atoms with Gasteiger partial charge in [0.2, 0.25) is 0 Å². The average Bonchev–Trinajstić information content (AvgIpc) is 2.47. The van der Waals surface area contributed by atoms with E-state index in [9.17, 15) is 8.42 Å². The van der Waals surface area contributed by atoms with Crippen molar-refractivity contribution in [2.45, 2.75) is 4.90 Å². The third kappa shape index (κ3) is 2.50. The minimum Gasteiger partial charge on any atom is -0.489 e. The summed E-state index contributed by atoms with van der Waals surface area (Å²) in [5.74, 6) is 0.688. The molecular formula is C14H12N2O3S. The molecule has 102 valence electrons. The van der Waals surface area contributed by atoms with E-state index in [-0.39, 0.29) is 4.90 Å². The lowest BCUT2D eigenvalue weighted by Gasteiger charge is -2.14. The van der Waals surface area contributed by atoms with Gasteiger partial charge in [0.25, 0.3) is 10.0 Å². The maximum Gasteiger partial charge on any atom is 0.261 e. The number of hydrogen-bond acceptors (Lipinski definition) is 4. The van der Waals surface area contributed by atoms with Gasteiger partial charge in [0.1, 0.15) is 12.4 Å². The zero-order valence-corrected chi connectivity index (χ0v) is 11.3. The largest absolute Gasteiger partial charge is 0.489 e. The van der Waals surface area contributed by atoms with Gasteiger partial charge in [-0.3, -0.25) is 9.71 Å². The number of hydrogen-bond donors (Lipinski definition) is 1. The highest BCUT2D eigenvalue weighted by Gasteiger charge is 2.17. The molecule has 20 heavy (non-hydrogen) atoms. The second kappa shape index (κ2) is 4.97. The smallest absolute Gasteiger partial charge is 0.261 e. The molecule has 0 bridgehead atoms. The summed E-state index contributed by atoms with van der Waals surface area (Å²) < 4.78 is 32.5. The van der Waals surface area contributed by atoms with Crippen LogP contribution in [0.5, 0.6) is 5.75 Å². The highest BCUT2D eigenvalue weighted by molar-refractivity contribution is 7.92. The topological polar surface area (TPSA) is 68.3 Å². The molecule has 1 aromatic heterocycles. The van der Waals surface area contributed by atoms with Crippen molar-refractivity contribution in [3.8, 4) is 5.75 Å². The monoisotopic (exact) mass is 288 g/mol. The Bertz CT molecular complexity index is 755. The summed E-state index contributed by atoms with van der Waals surface area (Å²) in [6, 6.07) is 8.09. The quantitative estimate of drug-likeness (QED) is 0.941. The van der Waals surface area contributed by atoms with Crippen LogP contribution >= 0.6 is 0 Å². The van der Waals surface area contributed by atoms with Crippen LogP contribution in [0.3, 0.4) is 0 Å². The van der Waals surface area contributed by atoms with Crippen LogP contribution < -0.4 is 9.46 Å². The Morgan fingerprint density at radius 3 is 2.95 bits per heavy atom. The number of nitrogens with one attached hydrogen (secondary N) is 1. The molecule has 6 heteroatoms. The Morgan fingerprint density at radius 1 is 1.25 bits per heavy atom. The van der Waals surface area contributed by atoms with E-state index >= 15 is 0 Å². The second-order valence-electron chi connectivity index (χ2n) is 4.26. The summed E-state index contributed by atoms with van der Waals surface area (Å²) in [4.78, 5) is 4.06. The molecule has 2 aromatic rings. The fraction of sp³-hybridized carbons (Fsp3) is 0.0714. The standard InChI is InChI=1S/C14H12N2O3S/c17-20(18,16-12-4-1-7-15-10-12)13-5-6-14-11(9-13)3-2-8-19-14/h1-7,9-10,16H,8H2. The number of benzene rings is 1. The first-order chi connectivity index (χ1) is 9.65. The molecule has 0 spiro atoms. The van der Waals surface area contributed by atoms with E-state index < -0.39 is 10.0 Å². The Morgan fingerprint density at radius 2 is 2.15 bits per heavy atom. The van der Waals surface area contributed by atoms with Crippen molar-refractivity contribution < 1.29 is 13.2 Å². The lowest BCUT2D eigenvalue weighted by Crippen LogP contribution is -2.13. The second-order valence-corrected chi connectivity index (χ2v) is 5.94. The fourth-order valence-electron chi connectivity index (χ4n) is 1.91. The van der Waals surface area contributed by atoms with Gasteiger partial charge in [-0.2, -0.15) is 0 Å². The van der Waals surface area contributed by atoms with Crippen LogP contribution in [0, 0.1) is 0 Å². The summed E-state index contributed by atoms with van der Waals surface area (Å²) in [7, 11) is -3.63. The molecule has 0 aliphatic carbocycles. The van der Waals surface area contributed by atoms with Gasteiger partial charge in [-0.1, -0.05) is 6.08 Å². The molecule has 0 fully saturated rings. The normalized spacial score (nSPS) is 13.4. The van der Waals surface area contributed by atoms with Crippen molar-refractivity contribution in [3.63, 3.8) is 0 Å². The Labute approximate surface area is 117 Å². The summed E-state index contributed by atoms with van der Waals surface area (Å²) in [5.41, 5.74) is 1.18. The number of rotatable bonds is 3. The van der Waals surface area contributed by atoms with Crippen molar-refractivity contribution in [2.75, 3.05) is 11.3 Å². The first-order valence-electron chi connectivity index (χ1n) is 6.01. The highest BCUT2D eigenvalue weighted by Crippen LogP contribution is 2.27. The van der Waals surface area contributed by atoms with Gasteiger partial charge >= 0.3 is 0 Å². The molecule has 0 saturated heterocycles. The minimum atomic E-state index is -3.63. The predicted molar refractivity (Wildman–Crippen MR) is 76.0 cm³/mol. The number of pyridine rings is 1. The van der Waals surface area contributed by atoms with Crippen LogP contribution in [-0.2, 0) is 10.0 Å². The lowest BCUT2D eigenvalue weighted by atomic mass is 10.1. The van der Waals surface area contributed by atoms with Crippen LogP contribution in [0.2, 0.25) is 0 Å². The van der Waals surface area contributed by atoms with Crippen LogP contribution in [0.25, 0.3) is 6.08 Å². The van der Waals surface area contributed by atoms with Gasteiger partial charge in [0, 0.05) is 11.8 Å². The Balaban J connectivity index is 1.94.